The van der Waals surface area contributed by atoms with Crippen molar-refractivity contribution in [2.24, 2.45) is 0 Å². The lowest BCUT2D eigenvalue weighted by Crippen LogP contribution is -2.10. The Hall–Kier alpha value is -7.30. The Kier molecular flexibility index (Phi) is 6.82. The number of rotatable bonds is 6. The van der Waals surface area contributed by atoms with E-state index in [1.165, 1.54) is 11.1 Å². The third-order valence-electron chi connectivity index (χ3n) is 10.6. The van der Waals surface area contributed by atoms with Gasteiger partial charge in [-0.3, -0.25) is 4.57 Å². The largest absolute Gasteiger partial charge is 0.454 e. The molecule has 4 heteroatoms. The monoisotopic (exact) mass is 692 g/mol. The fourth-order valence-corrected chi connectivity index (χ4v) is 8.10. The van der Waals surface area contributed by atoms with E-state index >= 15 is 0 Å². The summed E-state index contributed by atoms with van der Waals surface area (Å²) in [5.41, 5.74) is 13.3. The van der Waals surface area contributed by atoms with Crippen LogP contribution in [0.2, 0.25) is 0 Å². The second-order valence-electron chi connectivity index (χ2n) is 13.7. The molecule has 0 saturated carbocycles. The number of furan rings is 2. The average Bonchev–Trinajstić information content (AvgIpc) is 3.91. The van der Waals surface area contributed by atoms with E-state index in [9.17, 15) is 0 Å². The minimum absolute atomic E-state index is 0.854. The SMILES string of the molecule is c1ccc(-c2ccc(N(c3cccc(-c4ccc5c(c4)c4c6ccccc6oc4n5-c4ccccc4)c3)c3cccc4c3oc3ccccc34)cc2)cc1. The predicted molar refractivity (Wildman–Crippen MR) is 223 cm³/mol. The van der Waals surface area contributed by atoms with Crippen molar-refractivity contribution in [3.63, 3.8) is 0 Å². The normalized spacial score (nSPS) is 11.7. The number of para-hydroxylation sites is 4. The number of fused-ring (bicyclic) bond motifs is 8. The maximum Gasteiger partial charge on any atom is 0.213 e. The number of aromatic nitrogens is 1. The van der Waals surface area contributed by atoms with Crippen molar-refractivity contribution in [2.75, 3.05) is 4.90 Å². The van der Waals surface area contributed by atoms with Crippen molar-refractivity contribution in [2.45, 2.75) is 0 Å². The van der Waals surface area contributed by atoms with Crippen LogP contribution in [0.15, 0.2) is 203 Å². The zero-order valence-electron chi connectivity index (χ0n) is 29.2. The molecule has 4 nitrogen and oxygen atoms in total. The van der Waals surface area contributed by atoms with Crippen molar-refractivity contribution < 1.29 is 8.83 Å². The van der Waals surface area contributed by atoms with Crippen molar-refractivity contribution >= 4 is 72.0 Å². The number of hydrogen-bond donors (Lipinski definition) is 0. The highest BCUT2D eigenvalue weighted by Gasteiger charge is 2.22. The number of benzene rings is 8. The fraction of sp³-hybridized carbons (Fsp3) is 0. The molecule has 0 N–H and O–H groups in total. The molecule has 0 bridgehead atoms. The summed E-state index contributed by atoms with van der Waals surface area (Å²) in [5, 5.41) is 5.59. The van der Waals surface area contributed by atoms with Crippen molar-refractivity contribution in [1.82, 2.24) is 4.57 Å². The lowest BCUT2D eigenvalue weighted by Gasteiger charge is -2.26. The molecule has 0 amide bonds. The van der Waals surface area contributed by atoms with Gasteiger partial charge >= 0.3 is 0 Å². The minimum Gasteiger partial charge on any atom is -0.454 e. The van der Waals surface area contributed by atoms with Gasteiger partial charge in [0.1, 0.15) is 11.2 Å². The molecule has 11 aromatic rings. The Balaban J connectivity index is 1.10. The van der Waals surface area contributed by atoms with Gasteiger partial charge in [-0.15, -0.1) is 0 Å². The molecule has 0 aliphatic carbocycles. The maximum atomic E-state index is 6.62. The van der Waals surface area contributed by atoms with Gasteiger partial charge in [-0.25, -0.2) is 0 Å². The highest BCUT2D eigenvalue weighted by atomic mass is 16.3. The van der Waals surface area contributed by atoms with Gasteiger partial charge in [0.05, 0.1) is 16.6 Å². The quantitative estimate of drug-likeness (QED) is 0.174. The molecule has 0 aliphatic rings. The van der Waals surface area contributed by atoms with Crippen LogP contribution in [-0.2, 0) is 0 Å². The summed E-state index contributed by atoms with van der Waals surface area (Å²) in [6.45, 7) is 0. The van der Waals surface area contributed by atoms with E-state index < -0.39 is 0 Å². The van der Waals surface area contributed by atoms with Crippen LogP contribution < -0.4 is 4.90 Å². The molecule has 0 aliphatic heterocycles. The molecule has 11 rings (SSSR count). The zero-order chi connectivity index (χ0) is 35.6. The van der Waals surface area contributed by atoms with E-state index in [0.29, 0.717) is 0 Å². The van der Waals surface area contributed by atoms with Gasteiger partial charge in [-0.05, 0) is 89.0 Å². The Bertz CT molecular complexity index is 3150. The van der Waals surface area contributed by atoms with Crippen molar-refractivity contribution in [1.29, 1.82) is 0 Å². The molecule has 3 aromatic heterocycles. The molecule has 0 fully saturated rings. The first-order chi connectivity index (χ1) is 26.8. The van der Waals surface area contributed by atoms with Crippen LogP contribution in [0.4, 0.5) is 17.1 Å². The van der Waals surface area contributed by atoms with Crippen molar-refractivity contribution in [3.8, 4) is 27.9 Å². The van der Waals surface area contributed by atoms with E-state index in [4.69, 9.17) is 8.83 Å². The van der Waals surface area contributed by atoms with Crippen LogP contribution in [0.5, 0.6) is 0 Å². The van der Waals surface area contributed by atoms with Crippen LogP contribution in [0, 0.1) is 0 Å². The molecule has 3 heterocycles. The van der Waals surface area contributed by atoms with Crippen molar-refractivity contribution in [3.05, 3.63) is 194 Å². The Morgan fingerprint density at radius 1 is 0.389 bits per heavy atom. The number of anilines is 3. The molecule has 0 atom stereocenters. The summed E-state index contributed by atoms with van der Waals surface area (Å²) in [5.74, 6) is 0. The van der Waals surface area contributed by atoms with Gasteiger partial charge < -0.3 is 13.7 Å². The first-order valence-corrected chi connectivity index (χ1v) is 18.3. The molecule has 0 spiro atoms. The van der Waals surface area contributed by atoms with Crippen LogP contribution in [0.1, 0.15) is 0 Å². The Morgan fingerprint density at radius 3 is 1.81 bits per heavy atom. The topological polar surface area (TPSA) is 34.5 Å². The van der Waals surface area contributed by atoms with Gasteiger partial charge in [0.15, 0.2) is 5.58 Å². The van der Waals surface area contributed by atoms with Crippen LogP contribution in [-0.4, -0.2) is 4.57 Å². The van der Waals surface area contributed by atoms with Gasteiger partial charge in [-0.1, -0.05) is 127 Å². The van der Waals surface area contributed by atoms with Gasteiger partial charge in [-0.2, -0.15) is 0 Å². The molecular weight excluding hydrogens is 661 g/mol. The predicted octanol–water partition coefficient (Wildman–Crippen LogP) is 14.2. The summed E-state index contributed by atoms with van der Waals surface area (Å²) in [6.07, 6.45) is 0. The molecule has 0 radical (unpaired) electrons. The molecule has 54 heavy (non-hydrogen) atoms. The lowest BCUT2D eigenvalue weighted by molar-refractivity contribution is 0.645. The number of nitrogens with zero attached hydrogens (tertiary/aromatic N) is 2. The van der Waals surface area contributed by atoms with E-state index in [2.05, 4.69) is 173 Å². The molecular formula is C50H32N2O2. The average molecular weight is 693 g/mol. The first kappa shape index (κ1) is 30.3. The molecule has 254 valence electrons. The van der Waals surface area contributed by atoms with E-state index in [0.717, 1.165) is 88.8 Å². The molecule has 8 aromatic carbocycles. The second kappa shape index (κ2) is 12.1. The summed E-state index contributed by atoms with van der Waals surface area (Å²) in [6, 6.07) is 68.4. The smallest absolute Gasteiger partial charge is 0.213 e. The van der Waals surface area contributed by atoms with Crippen LogP contribution in [0.25, 0.3) is 82.9 Å². The maximum absolute atomic E-state index is 6.62. The second-order valence-corrected chi connectivity index (χ2v) is 13.7. The van der Waals surface area contributed by atoms with Gasteiger partial charge in [0.2, 0.25) is 5.71 Å². The summed E-state index contributed by atoms with van der Waals surface area (Å²) < 4.78 is 15.4. The van der Waals surface area contributed by atoms with Crippen LogP contribution >= 0.6 is 0 Å². The van der Waals surface area contributed by atoms with Gasteiger partial charge in [0, 0.05) is 38.6 Å². The lowest BCUT2D eigenvalue weighted by atomic mass is 10.0. The standard InChI is InChI=1S/C50H32N2O2/c1-3-13-33(14-4-1)34-25-28-38(29-26-34)51(45-22-12-21-41-40-19-7-9-23-46(40)53-49(41)45)39-18-11-15-35(31-39)36-27-30-44-43(32-36)48-42-20-8-10-24-47(42)54-50(48)52(44)37-16-5-2-6-17-37/h1-32H. The van der Waals surface area contributed by atoms with E-state index in [1.807, 2.05) is 30.3 Å². The molecule has 0 saturated heterocycles. The Morgan fingerprint density at radius 2 is 1.00 bits per heavy atom. The highest BCUT2D eigenvalue weighted by molar-refractivity contribution is 6.20. The first-order valence-electron chi connectivity index (χ1n) is 18.3. The van der Waals surface area contributed by atoms with E-state index in [1.54, 1.807) is 0 Å². The Labute approximate surface area is 311 Å². The summed E-state index contributed by atoms with van der Waals surface area (Å²) >= 11 is 0. The third-order valence-corrected chi connectivity index (χ3v) is 10.6. The van der Waals surface area contributed by atoms with E-state index in [-0.39, 0.29) is 0 Å². The summed E-state index contributed by atoms with van der Waals surface area (Å²) in [7, 11) is 0. The number of hydrogen-bond acceptors (Lipinski definition) is 3. The summed E-state index contributed by atoms with van der Waals surface area (Å²) in [4.78, 5) is 2.31. The fourth-order valence-electron chi connectivity index (χ4n) is 8.10. The molecule has 0 unspecified atom stereocenters. The zero-order valence-corrected chi connectivity index (χ0v) is 29.2. The third kappa shape index (κ3) is 4.78. The van der Waals surface area contributed by atoms with Crippen LogP contribution in [0.3, 0.4) is 0 Å². The highest BCUT2D eigenvalue weighted by Crippen LogP contribution is 2.44. The minimum atomic E-state index is 0.854. The van der Waals surface area contributed by atoms with Gasteiger partial charge in [0.25, 0.3) is 0 Å².